The second kappa shape index (κ2) is 6.65. The minimum atomic E-state index is -4.50. The third-order valence-electron chi connectivity index (χ3n) is 2.36. The van der Waals surface area contributed by atoms with E-state index >= 15 is 0 Å². The van der Waals surface area contributed by atoms with E-state index in [1.807, 2.05) is 12.1 Å². The van der Waals surface area contributed by atoms with Crippen LogP contribution in [-0.2, 0) is 6.18 Å². The molecule has 0 radical (unpaired) electrons. The number of nitrogens with one attached hydrogen (secondary N) is 1. The molecule has 0 amide bonds. The first-order valence-corrected chi connectivity index (χ1v) is 7.63. The zero-order valence-electron chi connectivity index (χ0n) is 10.9. The number of aromatic nitrogens is 2. The summed E-state index contributed by atoms with van der Waals surface area (Å²) in [7, 11) is 0. The minimum Gasteiger partial charge on any atom is -0.354 e. The lowest BCUT2D eigenvalue weighted by atomic mass is 10.4. The van der Waals surface area contributed by atoms with Crippen molar-refractivity contribution in [3.63, 3.8) is 0 Å². The molecule has 1 aromatic heterocycles. The number of benzene rings is 1. The molecule has 0 aliphatic carbocycles. The molecule has 0 aliphatic rings. The normalized spacial score (nSPS) is 11.5. The van der Waals surface area contributed by atoms with Crippen molar-refractivity contribution in [3.8, 4) is 0 Å². The summed E-state index contributed by atoms with van der Waals surface area (Å²) in [6.07, 6.45) is -4.50. The maximum Gasteiger partial charge on any atom is 0.433 e. The van der Waals surface area contributed by atoms with Gasteiger partial charge in [0.2, 0.25) is 5.95 Å². The third-order valence-corrected chi connectivity index (χ3v) is 3.82. The molecule has 0 bridgehead atoms. The number of alkyl halides is 3. The fourth-order valence-electron chi connectivity index (χ4n) is 1.48. The van der Waals surface area contributed by atoms with Gasteiger partial charge in [0.05, 0.1) is 0 Å². The molecule has 0 unspecified atom stereocenters. The Kier molecular flexibility index (Phi) is 5.10. The highest BCUT2D eigenvalue weighted by Crippen LogP contribution is 2.33. The molecule has 0 atom stereocenters. The van der Waals surface area contributed by atoms with Crippen LogP contribution >= 0.6 is 27.7 Å². The van der Waals surface area contributed by atoms with E-state index in [-0.39, 0.29) is 11.0 Å². The van der Waals surface area contributed by atoms with Gasteiger partial charge in [0.1, 0.15) is 5.03 Å². The molecule has 0 spiro atoms. The monoisotopic (exact) mass is 377 g/mol. The Morgan fingerprint density at radius 3 is 2.43 bits per heavy atom. The molecule has 1 aromatic carbocycles. The molecule has 0 aliphatic heterocycles. The van der Waals surface area contributed by atoms with Gasteiger partial charge in [-0.2, -0.15) is 13.2 Å². The second-order valence-corrected chi connectivity index (χ2v) is 6.01. The molecular formula is C13H11BrF3N3S. The Hall–Kier alpha value is -1.28. The summed E-state index contributed by atoms with van der Waals surface area (Å²) < 4.78 is 39.4. The van der Waals surface area contributed by atoms with E-state index in [4.69, 9.17) is 0 Å². The smallest absolute Gasteiger partial charge is 0.354 e. The van der Waals surface area contributed by atoms with Crippen molar-refractivity contribution in [1.82, 2.24) is 9.97 Å². The van der Waals surface area contributed by atoms with Crippen LogP contribution < -0.4 is 5.32 Å². The van der Waals surface area contributed by atoms with E-state index < -0.39 is 11.9 Å². The molecule has 0 fully saturated rings. The molecule has 0 saturated carbocycles. The van der Waals surface area contributed by atoms with E-state index in [2.05, 4.69) is 31.2 Å². The fraction of sp³-hybridized carbons (Fsp3) is 0.231. The van der Waals surface area contributed by atoms with Crippen LogP contribution in [0.25, 0.3) is 0 Å². The van der Waals surface area contributed by atoms with Gasteiger partial charge in [-0.1, -0.05) is 27.7 Å². The summed E-state index contributed by atoms with van der Waals surface area (Å²) >= 11 is 4.46. The summed E-state index contributed by atoms with van der Waals surface area (Å²) in [5.41, 5.74) is -0.951. The molecule has 112 valence electrons. The minimum absolute atomic E-state index is 0.0214. The van der Waals surface area contributed by atoms with Crippen molar-refractivity contribution < 1.29 is 13.2 Å². The highest BCUT2D eigenvalue weighted by Gasteiger charge is 2.33. The average molecular weight is 378 g/mol. The van der Waals surface area contributed by atoms with Crippen LogP contribution in [0.1, 0.15) is 12.6 Å². The van der Waals surface area contributed by atoms with Gasteiger partial charge in [0, 0.05) is 22.0 Å². The number of hydrogen-bond donors (Lipinski definition) is 1. The van der Waals surface area contributed by atoms with Crippen molar-refractivity contribution in [2.45, 2.75) is 23.0 Å². The Bertz CT molecular complexity index is 617. The molecule has 2 rings (SSSR count). The van der Waals surface area contributed by atoms with Crippen molar-refractivity contribution in [2.24, 2.45) is 0 Å². The summed E-state index contributed by atoms with van der Waals surface area (Å²) in [6, 6.07) is 8.19. The number of rotatable bonds is 4. The Labute approximate surface area is 132 Å². The lowest BCUT2D eigenvalue weighted by molar-refractivity contribution is -0.141. The van der Waals surface area contributed by atoms with Crippen LogP contribution in [0.4, 0.5) is 19.1 Å². The molecule has 8 heteroatoms. The van der Waals surface area contributed by atoms with Gasteiger partial charge in [0.25, 0.3) is 0 Å². The number of hydrogen-bond acceptors (Lipinski definition) is 4. The molecule has 2 aromatic rings. The SMILES string of the molecule is CCNc1nc(Sc2ccc(Br)cc2)cc(C(F)(F)F)n1. The van der Waals surface area contributed by atoms with E-state index in [0.717, 1.165) is 27.2 Å². The number of nitrogens with zero attached hydrogens (tertiary/aromatic N) is 2. The number of anilines is 1. The van der Waals surface area contributed by atoms with Gasteiger partial charge < -0.3 is 5.32 Å². The first-order valence-electron chi connectivity index (χ1n) is 6.02. The van der Waals surface area contributed by atoms with Gasteiger partial charge >= 0.3 is 6.18 Å². The number of halogens is 4. The highest BCUT2D eigenvalue weighted by molar-refractivity contribution is 9.10. The van der Waals surface area contributed by atoms with Crippen LogP contribution in [0, 0.1) is 0 Å². The maximum atomic E-state index is 12.8. The van der Waals surface area contributed by atoms with Gasteiger partial charge in [-0.05, 0) is 31.2 Å². The first kappa shape index (κ1) is 16.1. The molecular weight excluding hydrogens is 367 g/mol. The molecule has 3 nitrogen and oxygen atoms in total. The van der Waals surface area contributed by atoms with Crippen LogP contribution in [0.15, 0.2) is 44.7 Å². The van der Waals surface area contributed by atoms with Crippen molar-refractivity contribution in [3.05, 3.63) is 40.5 Å². The van der Waals surface area contributed by atoms with E-state index in [0.29, 0.717) is 6.54 Å². The molecule has 21 heavy (non-hydrogen) atoms. The lowest BCUT2D eigenvalue weighted by Gasteiger charge is -2.10. The third kappa shape index (κ3) is 4.60. The summed E-state index contributed by atoms with van der Waals surface area (Å²) in [6.45, 7) is 2.22. The van der Waals surface area contributed by atoms with Crippen molar-refractivity contribution >= 4 is 33.6 Å². The van der Waals surface area contributed by atoms with E-state index in [1.54, 1.807) is 19.1 Å². The Morgan fingerprint density at radius 2 is 1.86 bits per heavy atom. The van der Waals surface area contributed by atoms with Crippen LogP contribution in [-0.4, -0.2) is 16.5 Å². The molecule has 0 saturated heterocycles. The van der Waals surface area contributed by atoms with Crippen molar-refractivity contribution in [1.29, 1.82) is 0 Å². The Morgan fingerprint density at radius 1 is 1.19 bits per heavy atom. The second-order valence-electron chi connectivity index (χ2n) is 4.00. The van der Waals surface area contributed by atoms with E-state index in [9.17, 15) is 13.2 Å². The van der Waals surface area contributed by atoms with Crippen LogP contribution in [0.5, 0.6) is 0 Å². The highest BCUT2D eigenvalue weighted by atomic mass is 79.9. The fourth-order valence-corrected chi connectivity index (χ4v) is 2.56. The standard InChI is InChI=1S/C13H11BrF3N3S/c1-2-18-12-19-10(13(15,16)17)7-11(20-12)21-9-5-3-8(14)4-6-9/h3-7H,2H2,1H3,(H,18,19,20). The van der Waals surface area contributed by atoms with Gasteiger partial charge in [-0.25, -0.2) is 9.97 Å². The average Bonchev–Trinajstić information content (AvgIpc) is 2.41. The first-order chi connectivity index (χ1) is 9.88. The Balaban J connectivity index is 2.33. The predicted octanol–water partition coefficient (Wildman–Crippen LogP) is 4.84. The molecule has 1 N–H and O–H groups in total. The van der Waals surface area contributed by atoms with Gasteiger partial charge in [0.15, 0.2) is 5.69 Å². The van der Waals surface area contributed by atoms with Crippen LogP contribution in [0.3, 0.4) is 0 Å². The summed E-state index contributed by atoms with van der Waals surface area (Å²) in [5.74, 6) is -0.0214. The quantitative estimate of drug-likeness (QED) is 0.773. The largest absolute Gasteiger partial charge is 0.433 e. The zero-order chi connectivity index (χ0) is 15.5. The summed E-state index contributed by atoms with van der Waals surface area (Å²) in [5, 5.41) is 2.96. The zero-order valence-corrected chi connectivity index (χ0v) is 13.3. The summed E-state index contributed by atoms with van der Waals surface area (Å²) in [4.78, 5) is 8.36. The van der Waals surface area contributed by atoms with Gasteiger partial charge in [-0.15, -0.1) is 0 Å². The van der Waals surface area contributed by atoms with Crippen molar-refractivity contribution in [2.75, 3.05) is 11.9 Å². The topological polar surface area (TPSA) is 37.8 Å². The maximum absolute atomic E-state index is 12.8. The molecule has 1 heterocycles. The predicted molar refractivity (Wildman–Crippen MR) is 79.5 cm³/mol. The lowest BCUT2D eigenvalue weighted by Crippen LogP contribution is -2.12. The van der Waals surface area contributed by atoms with Gasteiger partial charge in [-0.3, -0.25) is 0 Å². The van der Waals surface area contributed by atoms with Crippen LogP contribution in [0.2, 0.25) is 0 Å². The van der Waals surface area contributed by atoms with E-state index in [1.165, 1.54) is 0 Å².